The SMILES string of the molecule is Cc1cc(F)cc(C(=O)C2CCC(C(C)(C)C)CC2)c1. The van der Waals surface area contributed by atoms with Crippen LogP contribution in [0.3, 0.4) is 0 Å². The van der Waals surface area contributed by atoms with E-state index in [2.05, 4.69) is 20.8 Å². The van der Waals surface area contributed by atoms with Crippen LogP contribution in [-0.4, -0.2) is 5.78 Å². The molecule has 1 aromatic carbocycles. The van der Waals surface area contributed by atoms with Crippen LogP contribution in [-0.2, 0) is 0 Å². The topological polar surface area (TPSA) is 17.1 Å². The molecule has 0 amide bonds. The van der Waals surface area contributed by atoms with E-state index < -0.39 is 0 Å². The molecule has 2 rings (SSSR count). The number of halogens is 1. The van der Waals surface area contributed by atoms with Crippen molar-refractivity contribution in [1.82, 2.24) is 0 Å². The van der Waals surface area contributed by atoms with Crippen LogP contribution in [0.2, 0.25) is 0 Å². The van der Waals surface area contributed by atoms with Gasteiger partial charge in [0.15, 0.2) is 5.78 Å². The lowest BCUT2D eigenvalue weighted by Gasteiger charge is -2.36. The predicted molar refractivity (Wildman–Crippen MR) is 80.4 cm³/mol. The highest BCUT2D eigenvalue weighted by Gasteiger charge is 2.32. The number of aryl methyl sites for hydroxylation is 1. The first-order valence-corrected chi connectivity index (χ1v) is 7.59. The Morgan fingerprint density at radius 3 is 2.20 bits per heavy atom. The van der Waals surface area contributed by atoms with Gasteiger partial charge in [0.2, 0.25) is 0 Å². The number of rotatable bonds is 2. The molecule has 0 saturated heterocycles. The van der Waals surface area contributed by atoms with Crippen molar-refractivity contribution < 1.29 is 9.18 Å². The minimum Gasteiger partial charge on any atom is -0.294 e. The lowest BCUT2D eigenvalue weighted by Crippen LogP contribution is -2.28. The van der Waals surface area contributed by atoms with E-state index in [1.54, 1.807) is 6.07 Å². The summed E-state index contributed by atoms with van der Waals surface area (Å²) >= 11 is 0. The third-order valence-corrected chi connectivity index (χ3v) is 4.65. The van der Waals surface area contributed by atoms with Gasteiger partial charge in [-0.15, -0.1) is 0 Å². The zero-order valence-electron chi connectivity index (χ0n) is 13.0. The number of ketones is 1. The molecule has 2 heteroatoms. The Morgan fingerprint density at radius 2 is 1.70 bits per heavy atom. The number of hydrogen-bond donors (Lipinski definition) is 0. The van der Waals surface area contributed by atoms with Gasteiger partial charge in [-0.1, -0.05) is 20.8 Å². The van der Waals surface area contributed by atoms with Crippen molar-refractivity contribution in [2.24, 2.45) is 17.3 Å². The minimum absolute atomic E-state index is 0.0785. The van der Waals surface area contributed by atoms with Crippen LogP contribution < -0.4 is 0 Å². The van der Waals surface area contributed by atoms with Crippen LogP contribution >= 0.6 is 0 Å². The maximum Gasteiger partial charge on any atom is 0.166 e. The predicted octanol–water partition coefficient (Wildman–Crippen LogP) is 5.17. The first-order valence-electron chi connectivity index (χ1n) is 7.59. The highest BCUT2D eigenvalue weighted by molar-refractivity contribution is 5.98. The fraction of sp³-hybridized carbons (Fsp3) is 0.611. The van der Waals surface area contributed by atoms with Crippen molar-refractivity contribution in [1.29, 1.82) is 0 Å². The molecule has 0 unspecified atom stereocenters. The lowest BCUT2D eigenvalue weighted by molar-refractivity contribution is 0.0819. The third-order valence-electron chi connectivity index (χ3n) is 4.65. The van der Waals surface area contributed by atoms with Gasteiger partial charge < -0.3 is 0 Å². The van der Waals surface area contributed by atoms with Gasteiger partial charge in [-0.2, -0.15) is 0 Å². The Bertz CT molecular complexity index is 470. The molecule has 0 aromatic heterocycles. The number of carbonyl (C=O) groups is 1. The summed E-state index contributed by atoms with van der Waals surface area (Å²) < 4.78 is 13.4. The van der Waals surface area contributed by atoms with Crippen LogP contribution in [0.25, 0.3) is 0 Å². The van der Waals surface area contributed by atoms with E-state index >= 15 is 0 Å². The van der Waals surface area contributed by atoms with Gasteiger partial charge in [0.25, 0.3) is 0 Å². The van der Waals surface area contributed by atoms with Gasteiger partial charge in [0.05, 0.1) is 0 Å². The molecule has 20 heavy (non-hydrogen) atoms. The van der Waals surface area contributed by atoms with E-state index in [-0.39, 0.29) is 17.5 Å². The standard InChI is InChI=1S/C18H25FO/c1-12-9-14(11-16(19)10-12)17(20)13-5-7-15(8-6-13)18(2,3)4/h9-11,13,15H,5-8H2,1-4H3. The summed E-state index contributed by atoms with van der Waals surface area (Å²) in [4.78, 5) is 12.5. The second kappa shape index (κ2) is 5.67. The summed E-state index contributed by atoms with van der Waals surface area (Å²) in [6.07, 6.45) is 4.09. The fourth-order valence-electron chi connectivity index (χ4n) is 3.34. The van der Waals surface area contributed by atoms with Crippen LogP contribution in [0.15, 0.2) is 18.2 Å². The molecule has 1 aliphatic carbocycles. The van der Waals surface area contributed by atoms with E-state index in [0.29, 0.717) is 16.9 Å². The summed E-state index contributed by atoms with van der Waals surface area (Å²) in [6, 6.07) is 4.65. The van der Waals surface area contributed by atoms with Gasteiger partial charge in [-0.3, -0.25) is 4.79 Å². The van der Waals surface area contributed by atoms with Gasteiger partial charge in [0, 0.05) is 11.5 Å². The zero-order chi connectivity index (χ0) is 14.9. The highest BCUT2D eigenvalue weighted by Crippen LogP contribution is 2.40. The molecular weight excluding hydrogens is 251 g/mol. The molecule has 0 atom stereocenters. The van der Waals surface area contributed by atoms with Crippen LogP contribution in [0.1, 0.15) is 62.4 Å². The highest BCUT2D eigenvalue weighted by atomic mass is 19.1. The molecule has 0 radical (unpaired) electrons. The van der Waals surface area contributed by atoms with Crippen LogP contribution in [0.5, 0.6) is 0 Å². The van der Waals surface area contributed by atoms with Crippen molar-refractivity contribution in [2.75, 3.05) is 0 Å². The molecule has 0 bridgehead atoms. The number of benzene rings is 1. The largest absolute Gasteiger partial charge is 0.294 e. The summed E-state index contributed by atoms with van der Waals surface area (Å²) in [5, 5.41) is 0. The Labute approximate surface area is 121 Å². The van der Waals surface area contributed by atoms with Gasteiger partial charge >= 0.3 is 0 Å². The van der Waals surface area contributed by atoms with E-state index in [1.165, 1.54) is 12.1 Å². The second-order valence-electron chi connectivity index (χ2n) is 7.30. The normalized spacial score (nSPS) is 23.6. The van der Waals surface area contributed by atoms with Gasteiger partial charge in [-0.05, 0) is 67.7 Å². The summed E-state index contributed by atoms with van der Waals surface area (Å²) in [7, 11) is 0. The molecule has 1 nitrogen and oxygen atoms in total. The number of Topliss-reactive ketones (excluding diaryl/α,β-unsaturated/α-hetero) is 1. The average molecular weight is 276 g/mol. The molecule has 1 aromatic rings. The van der Waals surface area contributed by atoms with Crippen LogP contribution in [0.4, 0.5) is 4.39 Å². The third kappa shape index (κ3) is 3.47. The molecule has 1 aliphatic rings. The zero-order valence-corrected chi connectivity index (χ0v) is 13.0. The van der Waals surface area contributed by atoms with Crippen molar-refractivity contribution in [2.45, 2.75) is 53.4 Å². The molecule has 110 valence electrons. The molecule has 0 aliphatic heterocycles. The first-order chi connectivity index (χ1) is 9.27. The van der Waals surface area contributed by atoms with Crippen molar-refractivity contribution in [3.05, 3.63) is 35.1 Å². The van der Waals surface area contributed by atoms with Gasteiger partial charge in [0.1, 0.15) is 5.82 Å². The van der Waals surface area contributed by atoms with Crippen molar-refractivity contribution >= 4 is 5.78 Å². The Kier molecular flexibility index (Phi) is 4.31. The second-order valence-corrected chi connectivity index (χ2v) is 7.30. The minimum atomic E-state index is -0.309. The van der Waals surface area contributed by atoms with E-state index in [9.17, 15) is 9.18 Å². The molecule has 0 N–H and O–H groups in total. The summed E-state index contributed by atoms with van der Waals surface area (Å²) in [5.74, 6) is 0.590. The van der Waals surface area contributed by atoms with E-state index in [1.807, 2.05) is 6.92 Å². The number of hydrogen-bond acceptors (Lipinski definition) is 1. The first kappa shape index (κ1) is 15.2. The van der Waals surface area contributed by atoms with Crippen molar-refractivity contribution in [3.8, 4) is 0 Å². The maximum atomic E-state index is 13.4. The van der Waals surface area contributed by atoms with E-state index in [0.717, 1.165) is 31.2 Å². The summed E-state index contributed by atoms with van der Waals surface area (Å²) in [6.45, 7) is 8.65. The Hall–Kier alpha value is -1.18. The average Bonchev–Trinajstić information content (AvgIpc) is 2.36. The summed E-state index contributed by atoms with van der Waals surface area (Å²) in [5.41, 5.74) is 1.68. The molecule has 1 saturated carbocycles. The quantitative estimate of drug-likeness (QED) is 0.681. The fourth-order valence-corrected chi connectivity index (χ4v) is 3.34. The van der Waals surface area contributed by atoms with Gasteiger partial charge in [-0.25, -0.2) is 4.39 Å². The molecule has 1 fully saturated rings. The van der Waals surface area contributed by atoms with Crippen molar-refractivity contribution in [3.63, 3.8) is 0 Å². The molecule has 0 spiro atoms. The smallest absolute Gasteiger partial charge is 0.166 e. The number of carbonyl (C=O) groups excluding carboxylic acids is 1. The Balaban J connectivity index is 2.05. The molecular formula is C18H25FO. The van der Waals surface area contributed by atoms with Crippen LogP contribution in [0, 0.1) is 30.0 Å². The Morgan fingerprint density at radius 1 is 1.10 bits per heavy atom. The lowest BCUT2D eigenvalue weighted by atomic mass is 9.68. The maximum absolute atomic E-state index is 13.4. The van der Waals surface area contributed by atoms with E-state index in [4.69, 9.17) is 0 Å². The molecule has 0 heterocycles. The monoisotopic (exact) mass is 276 g/mol.